The summed E-state index contributed by atoms with van der Waals surface area (Å²) in [7, 11) is 0. The van der Waals surface area contributed by atoms with Crippen LogP contribution in [0.25, 0.3) is 0 Å². The van der Waals surface area contributed by atoms with Crippen LogP contribution in [0.15, 0.2) is 35.5 Å². The molecule has 3 amide bonds. The Bertz CT molecular complexity index is 1010. The minimum atomic E-state index is -0.595. The molecule has 4 aliphatic carbocycles. The molecule has 4 fully saturated rings. The lowest BCUT2D eigenvalue weighted by atomic mass is 9.49. The van der Waals surface area contributed by atoms with Gasteiger partial charge in [-0.2, -0.15) is 0 Å². The normalized spacial score (nSPS) is 31.4. The number of nitrogens with one attached hydrogen (secondary N) is 2. The first-order valence-corrected chi connectivity index (χ1v) is 13.2. The summed E-state index contributed by atoms with van der Waals surface area (Å²) in [6.07, 6.45) is 7.78. The Balaban J connectivity index is 1.35. The van der Waals surface area contributed by atoms with Crippen molar-refractivity contribution in [3.8, 4) is 0 Å². The highest BCUT2D eigenvalue weighted by Gasteiger charge is 2.54. The first-order chi connectivity index (χ1) is 16.8. The Morgan fingerprint density at radius 1 is 1.06 bits per heavy atom. The van der Waals surface area contributed by atoms with Crippen LogP contribution in [0.1, 0.15) is 77.3 Å². The highest BCUT2D eigenvalue weighted by atomic mass is 16.5. The lowest BCUT2D eigenvalue weighted by Crippen LogP contribution is -2.51. The number of esters is 1. The molecule has 1 aromatic carbocycles. The summed E-state index contributed by atoms with van der Waals surface area (Å²) in [6.45, 7) is 6.36. The Morgan fingerprint density at radius 3 is 2.20 bits per heavy atom. The molecule has 0 saturated heterocycles. The number of nitrogens with zero attached hydrogens (tertiary/aromatic N) is 1. The summed E-state index contributed by atoms with van der Waals surface area (Å²) in [5.74, 6) is 1.89. The quantitative estimate of drug-likeness (QED) is 0.529. The van der Waals surface area contributed by atoms with Gasteiger partial charge in [0.1, 0.15) is 0 Å². The minimum absolute atomic E-state index is 0.161. The average molecular weight is 480 g/mol. The lowest BCUT2D eigenvalue weighted by molar-refractivity contribution is -0.140. The van der Waals surface area contributed by atoms with E-state index in [0.29, 0.717) is 35.6 Å². The van der Waals surface area contributed by atoms with Crippen LogP contribution < -0.4 is 10.6 Å². The molecule has 0 radical (unpaired) electrons. The number of carbonyl (C=O) groups excluding carboxylic acids is 3. The second kappa shape index (κ2) is 9.32. The number of urea groups is 1. The van der Waals surface area contributed by atoms with Gasteiger partial charge in [-0.05, 0) is 94.2 Å². The van der Waals surface area contributed by atoms with Gasteiger partial charge < -0.3 is 15.4 Å². The maximum atomic E-state index is 13.4. The largest absolute Gasteiger partial charge is 0.463 e. The molecule has 0 spiro atoms. The van der Waals surface area contributed by atoms with Gasteiger partial charge in [0.05, 0.1) is 23.6 Å². The Hall–Kier alpha value is -2.83. The summed E-state index contributed by atoms with van der Waals surface area (Å²) in [5.41, 5.74) is 2.40. The third-order valence-corrected chi connectivity index (χ3v) is 8.56. The van der Waals surface area contributed by atoms with Gasteiger partial charge in [0.15, 0.2) is 0 Å². The van der Waals surface area contributed by atoms with Crippen molar-refractivity contribution in [1.82, 2.24) is 10.2 Å². The summed E-state index contributed by atoms with van der Waals surface area (Å²) in [6, 6.07) is 6.68. The molecule has 0 unspecified atom stereocenters. The molecule has 4 bridgehead atoms. The van der Waals surface area contributed by atoms with Crippen LogP contribution in [0.4, 0.5) is 10.5 Å². The molecular weight excluding hydrogens is 442 g/mol. The molecule has 35 heavy (non-hydrogen) atoms. The van der Waals surface area contributed by atoms with E-state index in [1.54, 1.807) is 18.7 Å². The van der Waals surface area contributed by atoms with E-state index in [9.17, 15) is 14.4 Å². The minimum Gasteiger partial charge on any atom is -0.463 e. The maximum absolute atomic E-state index is 13.4. The standard InChI is InChI=1S/C28H37N3O4/c1-4-10-31-17(3)23(25(32)35-5-2)24(30-27(31)34)21-6-8-22(9-7-21)29-26(33)28-14-18-11-19(15-28)13-20(12-18)16-28/h6-9,18-20,24H,4-5,10-16H2,1-3H3,(H,29,33)(H,30,34)/t18?,19?,20?,24-,28?/m0/s1. The molecule has 1 atom stereocenters. The van der Waals surface area contributed by atoms with Crippen molar-refractivity contribution >= 4 is 23.6 Å². The first kappa shape index (κ1) is 23.9. The van der Waals surface area contributed by atoms with Gasteiger partial charge in [-0.25, -0.2) is 9.59 Å². The maximum Gasteiger partial charge on any atom is 0.338 e. The fourth-order valence-electron chi connectivity index (χ4n) is 7.41. The smallest absolute Gasteiger partial charge is 0.338 e. The van der Waals surface area contributed by atoms with Crippen LogP contribution in [-0.4, -0.2) is 36.0 Å². The predicted octanol–water partition coefficient (Wildman–Crippen LogP) is 5.15. The molecular formula is C28H37N3O4. The Labute approximate surface area is 207 Å². The monoisotopic (exact) mass is 479 g/mol. The molecule has 188 valence electrons. The lowest BCUT2D eigenvalue weighted by Gasteiger charge is -2.55. The summed E-state index contributed by atoms with van der Waals surface area (Å²) in [5, 5.41) is 6.16. The molecule has 1 aromatic rings. The van der Waals surface area contributed by atoms with Crippen LogP contribution >= 0.6 is 0 Å². The van der Waals surface area contributed by atoms with E-state index >= 15 is 0 Å². The number of hydrogen-bond donors (Lipinski definition) is 2. The van der Waals surface area contributed by atoms with Crippen molar-refractivity contribution in [2.75, 3.05) is 18.5 Å². The molecule has 7 nitrogen and oxygen atoms in total. The van der Waals surface area contributed by atoms with Crippen LogP contribution in [0, 0.1) is 23.2 Å². The first-order valence-electron chi connectivity index (χ1n) is 13.2. The topological polar surface area (TPSA) is 87.7 Å². The van der Waals surface area contributed by atoms with E-state index in [2.05, 4.69) is 10.6 Å². The van der Waals surface area contributed by atoms with Crippen molar-refractivity contribution in [2.45, 2.75) is 71.8 Å². The SMILES string of the molecule is CCCN1C(=O)N[C@@H](c2ccc(NC(=O)C34CC5CC(CC(C5)C3)C4)cc2)C(C(=O)OCC)=C1C. The van der Waals surface area contributed by atoms with E-state index < -0.39 is 12.0 Å². The van der Waals surface area contributed by atoms with Gasteiger partial charge in [0, 0.05) is 17.9 Å². The molecule has 2 N–H and O–H groups in total. The molecule has 0 aromatic heterocycles. The van der Waals surface area contributed by atoms with Crippen LogP contribution in [-0.2, 0) is 14.3 Å². The number of hydrogen-bond acceptors (Lipinski definition) is 4. The van der Waals surface area contributed by atoms with E-state index in [1.807, 2.05) is 31.2 Å². The van der Waals surface area contributed by atoms with E-state index in [0.717, 1.165) is 36.9 Å². The van der Waals surface area contributed by atoms with Gasteiger partial charge >= 0.3 is 12.0 Å². The van der Waals surface area contributed by atoms with Crippen LogP contribution in [0.3, 0.4) is 0 Å². The van der Waals surface area contributed by atoms with Crippen molar-refractivity contribution in [3.63, 3.8) is 0 Å². The average Bonchev–Trinajstić information content (AvgIpc) is 2.81. The molecule has 5 aliphatic rings. The number of carbonyl (C=O) groups is 3. The van der Waals surface area contributed by atoms with Crippen molar-refractivity contribution in [2.24, 2.45) is 23.2 Å². The van der Waals surface area contributed by atoms with Gasteiger partial charge in [-0.1, -0.05) is 19.1 Å². The third kappa shape index (κ3) is 4.34. The zero-order valence-corrected chi connectivity index (χ0v) is 21.1. The second-order valence-corrected chi connectivity index (χ2v) is 11.0. The number of rotatable bonds is 7. The molecule has 1 heterocycles. The van der Waals surface area contributed by atoms with Crippen molar-refractivity contribution in [1.29, 1.82) is 0 Å². The number of benzene rings is 1. The van der Waals surface area contributed by atoms with Crippen LogP contribution in [0.5, 0.6) is 0 Å². The van der Waals surface area contributed by atoms with E-state index in [4.69, 9.17) is 4.74 Å². The number of ether oxygens (including phenoxy) is 1. The Morgan fingerprint density at radius 2 is 1.66 bits per heavy atom. The van der Waals surface area contributed by atoms with Gasteiger partial charge in [0.25, 0.3) is 0 Å². The zero-order valence-electron chi connectivity index (χ0n) is 21.1. The molecule has 7 heteroatoms. The number of anilines is 1. The summed E-state index contributed by atoms with van der Waals surface area (Å²) < 4.78 is 5.33. The van der Waals surface area contributed by atoms with Crippen molar-refractivity contribution in [3.05, 3.63) is 41.1 Å². The number of amides is 3. The Kier molecular flexibility index (Phi) is 6.36. The highest BCUT2D eigenvalue weighted by Crippen LogP contribution is 2.60. The molecule has 1 aliphatic heterocycles. The summed E-state index contributed by atoms with van der Waals surface area (Å²) >= 11 is 0. The van der Waals surface area contributed by atoms with E-state index in [-0.39, 0.29) is 24.0 Å². The van der Waals surface area contributed by atoms with E-state index in [1.165, 1.54) is 19.3 Å². The van der Waals surface area contributed by atoms with Gasteiger partial charge in [-0.15, -0.1) is 0 Å². The second-order valence-electron chi connectivity index (χ2n) is 11.0. The molecule has 4 saturated carbocycles. The van der Waals surface area contributed by atoms with Gasteiger partial charge in [-0.3, -0.25) is 9.69 Å². The summed E-state index contributed by atoms with van der Waals surface area (Å²) in [4.78, 5) is 40.7. The fraction of sp³-hybridized carbons (Fsp3) is 0.607. The third-order valence-electron chi connectivity index (χ3n) is 8.56. The van der Waals surface area contributed by atoms with Crippen molar-refractivity contribution < 1.29 is 19.1 Å². The zero-order chi connectivity index (χ0) is 24.7. The van der Waals surface area contributed by atoms with Gasteiger partial charge in [0.2, 0.25) is 5.91 Å². The predicted molar refractivity (Wildman–Crippen MR) is 133 cm³/mol. The fourth-order valence-corrected chi connectivity index (χ4v) is 7.41. The van der Waals surface area contributed by atoms with Crippen LogP contribution in [0.2, 0.25) is 0 Å². The highest BCUT2D eigenvalue weighted by molar-refractivity contribution is 5.96. The number of allylic oxidation sites excluding steroid dienone is 1. The molecule has 6 rings (SSSR count).